The summed E-state index contributed by atoms with van der Waals surface area (Å²) in [6.45, 7) is 4.18. The van der Waals surface area contributed by atoms with Crippen molar-refractivity contribution >= 4 is 19.8 Å². The van der Waals surface area contributed by atoms with E-state index in [1.807, 2.05) is 21.1 Å². The van der Waals surface area contributed by atoms with E-state index in [0.717, 1.165) is 70.6 Å². The minimum absolute atomic E-state index is 0.0339. The molecule has 0 aliphatic carbocycles. The molecule has 0 aromatic rings. The highest BCUT2D eigenvalue weighted by Crippen LogP contribution is 2.38. The van der Waals surface area contributed by atoms with Gasteiger partial charge in [-0.3, -0.25) is 14.2 Å². The van der Waals surface area contributed by atoms with Crippen LogP contribution in [0.2, 0.25) is 0 Å². The van der Waals surface area contributed by atoms with Crippen molar-refractivity contribution in [1.29, 1.82) is 0 Å². The molecule has 0 rings (SSSR count). The summed E-state index contributed by atoms with van der Waals surface area (Å²) in [6.07, 6.45) is 43.0. The Kier molecular flexibility index (Phi) is 37.5. The number of esters is 2. The van der Waals surface area contributed by atoms with Crippen molar-refractivity contribution < 1.29 is 42.1 Å². The van der Waals surface area contributed by atoms with Crippen molar-refractivity contribution in [3.63, 3.8) is 0 Å². The summed E-state index contributed by atoms with van der Waals surface area (Å²) in [4.78, 5) is 37.5. The van der Waals surface area contributed by atoms with Crippen LogP contribution in [-0.2, 0) is 32.7 Å². The van der Waals surface area contributed by atoms with E-state index in [0.29, 0.717) is 17.4 Å². The maximum Gasteiger partial charge on any atom is 0.306 e. The highest BCUT2D eigenvalue weighted by Gasteiger charge is 2.21. The van der Waals surface area contributed by atoms with E-state index in [1.165, 1.54) is 89.9 Å². The maximum absolute atomic E-state index is 12.7. The number of ether oxygens (including phenoxy) is 2. The molecule has 2 atom stereocenters. The van der Waals surface area contributed by atoms with Crippen molar-refractivity contribution in [3.8, 4) is 0 Å². The van der Waals surface area contributed by atoms with E-state index in [1.54, 1.807) is 0 Å². The number of carbonyl (C=O) groups excluding carboxylic acids is 2. The molecule has 0 saturated heterocycles. The van der Waals surface area contributed by atoms with Crippen LogP contribution in [-0.4, -0.2) is 70.0 Å². The van der Waals surface area contributed by atoms with Crippen LogP contribution >= 0.6 is 7.82 Å². The Morgan fingerprint density at radius 3 is 1.46 bits per heavy atom. The molecule has 0 N–H and O–H groups in total. The molecular weight excluding hydrogens is 725 g/mol. The van der Waals surface area contributed by atoms with Crippen molar-refractivity contribution in [2.45, 2.75) is 200 Å². The average molecular weight is 812 g/mol. The molecule has 0 saturated carbocycles. The molecule has 0 bridgehead atoms. The van der Waals surface area contributed by atoms with Gasteiger partial charge in [-0.25, -0.2) is 0 Å². The van der Waals surface area contributed by atoms with E-state index < -0.39 is 32.5 Å². The van der Waals surface area contributed by atoms with Crippen LogP contribution in [0.5, 0.6) is 0 Å². The highest BCUT2D eigenvalue weighted by atomic mass is 31.2. The smallest absolute Gasteiger partial charge is 0.306 e. The molecule has 0 spiro atoms. The Hall–Kier alpha value is -1.77. The zero-order chi connectivity index (χ0) is 41.4. The van der Waals surface area contributed by atoms with Gasteiger partial charge in [-0.2, -0.15) is 0 Å². The number of nitrogens with zero attached hydrogens (tertiary/aromatic N) is 1. The molecule has 0 aliphatic heterocycles. The molecule has 0 aromatic heterocycles. The van der Waals surface area contributed by atoms with Gasteiger partial charge in [-0.15, -0.1) is 0 Å². The number of hydrogen-bond acceptors (Lipinski definition) is 8. The fraction of sp³-hybridized carbons (Fsp3) is 0.826. The van der Waals surface area contributed by atoms with E-state index in [9.17, 15) is 19.0 Å². The van der Waals surface area contributed by atoms with E-state index in [2.05, 4.69) is 50.3 Å². The van der Waals surface area contributed by atoms with Gasteiger partial charge < -0.3 is 27.9 Å². The van der Waals surface area contributed by atoms with Crippen molar-refractivity contribution in [1.82, 2.24) is 0 Å². The van der Waals surface area contributed by atoms with Crippen LogP contribution in [0.1, 0.15) is 194 Å². The van der Waals surface area contributed by atoms with Crippen molar-refractivity contribution in [3.05, 3.63) is 36.5 Å². The minimum atomic E-state index is -4.63. The molecular formula is C46H86NO8P. The summed E-state index contributed by atoms with van der Waals surface area (Å²) in [5.41, 5.74) is 0. The normalized spacial score (nSPS) is 13.9. The average Bonchev–Trinajstić information content (AvgIpc) is 3.15. The van der Waals surface area contributed by atoms with Gasteiger partial charge in [0.15, 0.2) is 6.10 Å². The lowest BCUT2D eigenvalue weighted by molar-refractivity contribution is -0.870. The zero-order valence-corrected chi connectivity index (χ0v) is 37.7. The molecule has 0 aliphatic rings. The molecule has 0 amide bonds. The number of phosphoric acid groups is 1. The van der Waals surface area contributed by atoms with Gasteiger partial charge in [-0.05, 0) is 70.6 Å². The Bertz CT molecular complexity index is 1050. The van der Waals surface area contributed by atoms with Gasteiger partial charge >= 0.3 is 11.9 Å². The lowest BCUT2D eigenvalue weighted by atomic mass is 10.1. The number of quaternary nitrogens is 1. The Balaban J connectivity index is 4.37. The number of likely N-dealkylation sites (N-methyl/N-ethyl adjacent to an activating group) is 1. The number of carbonyl (C=O) groups is 2. The van der Waals surface area contributed by atoms with Gasteiger partial charge in [0.05, 0.1) is 27.7 Å². The fourth-order valence-electron chi connectivity index (χ4n) is 6.03. The molecule has 328 valence electrons. The molecule has 9 nitrogen and oxygen atoms in total. The Labute approximate surface area is 344 Å². The van der Waals surface area contributed by atoms with Crippen LogP contribution in [0.3, 0.4) is 0 Å². The first-order valence-corrected chi connectivity index (χ1v) is 24.2. The first kappa shape index (κ1) is 54.2. The van der Waals surface area contributed by atoms with Gasteiger partial charge in [0, 0.05) is 12.8 Å². The lowest BCUT2D eigenvalue weighted by Crippen LogP contribution is -2.37. The molecule has 0 heterocycles. The van der Waals surface area contributed by atoms with Gasteiger partial charge in [-0.1, -0.05) is 147 Å². The monoisotopic (exact) mass is 812 g/mol. The second kappa shape index (κ2) is 38.7. The standard InChI is InChI=1S/C46H86NO8P/c1-6-8-10-12-14-16-18-20-22-23-25-27-29-31-33-35-37-39-46(49)55-44(43-54-56(50,51)53-41-40-47(3,4)5)42-52-45(48)38-36-34-32-30-28-26-24-21-19-17-15-13-11-9-7-2/h14,16,20-22,24,44H,6-13,15,17-19,23,25-43H2,1-5H3/b16-14-,22-20-,24-21-. The maximum atomic E-state index is 12.7. The van der Waals surface area contributed by atoms with E-state index in [-0.39, 0.29) is 26.1 Å². The van der Waals surface area contributed by atoms with Crippen molar-refractivity contribution in [2.75, 3.05) is 47.5 Å². The first-order valence-electron chi connectivity index (χ1n) is 22.7. The molecule has 0 aromatic carbocycles. The number of unbranched alkanes of at least 4 members (excludes halogenated alkanes) is 21. The quantitative estimate of drug-likeness (QED) is 0.0197. The third kappa shape index (κ3) is 41.9. The third-order valence-corrected chi connectivity index (χ3v) is 10.6. The van der Waals surface area contributed by atoms with Gasteiger partial charge in [0.1, 0.15) is 19.8 Å². The van der Waals surface area contributed by atoms with Crippen LogP contribution in [0.4, 0.5) is 0 Å². The predicted octanol–water partition coefficient (Wildman–Crippen LogP) is 12.3. The Morgan fingerprint density at radius 1 is 0.554 bits per heavy atom. The molecule has 56 heavy (non-hydrogen) atoms. The van der Waals surface area contributed by atoms with Crippen LogP contribution in [0.15, 0.2) is 36.5 Å². The fourth-order valence-corrected chi connectivity index (χ4v) is 6.76. The van der Waals surface area contributed by atoms with Crippen molar-refractivity contribution in [2.24, 2.45) is 0 Å². The summed E-state index contributed by atoms with van der Waals surface area (Å²) in [5.74, 6) is -0.851. The first-order chi connectivity index (χ1) is 27.0. The topological polar surface area (TPSA) is 111 Å². The summed E-state index contributed by atoms with van der Waals surface area (Å²) in [7, 11) is 1.15. The van der Waals surface area contributed by atoms with Crippen LogP contribution in [0.25, 0.3) is 0 Å². The largest absolute Gasteiger partial charge is 0.756 e. The number of rotatable bonds is 41. The SMILES string of the molecule is CCCCC/C=C\C/C=C\CCCCCCCCCC(=O)OC(COC(=O)CCCCCCC/C=C\CCCCCCCC)COP(=O)([O-])OCC[N+](C)(C)C. The minimum Gasteiger partial charge on any atom is -0.756 e. The molecule has 2 unspecified atom stereocenters. The number of phosphoric ester groups is 1. The summed E-state index contributed by atoms with van der Waals surface area (Å²) >= 11 is 0. The second-order valence-electron chi connectivity index (χ2n) is 16.4. The van der Waals surface area contributed by atoms with E-state index in [4.69, 9.17) is 18.5 Å². The summed E-state index contributed by atoms with van der Waals surface area (Å²) in [6, 6.07) is 0. The Morgan fingerprint density at radius 2 is 0.964 bits per heavy atom. The molecule has 0 fully saturated rings. The second-order valence-corrected chi connectivity index (χ2v) is 17.8. The van der Waals surface area contributed by atoms with E-state index >= 15 is 0 Å². The highest BCUT2D eigenvalue weighted by molar-refractivity contribution is 7.45. The van der Waals surface area contributed by atoms with Crippen LogP contribution in [0, 0.1) is 0 Å². The predicted molar refractivity (Wildman–Crippen MR) is 231 cm³/mol. The van der Waals surface area contributed by atoms with Crippen LogP contribution < -0.4 is 4.89 Å². The summed E-state index contributed by atoms with van der Waals surface area (Å²) < 4.78 is 33.9. The number of hydrogen-bond donors (Lipinski definition) is 0. The third-order valence-electron chi connectivity index (χ3n) is 9.63. The molecule has 10 heteroatoms. The van der Waals surface area contributed by atoms with Gasteiger partial charge in [0.2, 0.25) is 0 Å². The number of allylic oxidation sites excluding steroid dienone is 6. The lowest BCUT2D eigenvalue weighted by Gasteiger charge is -2.28. The summed E-state index contributed by atoms with van der Waals surface area (Å²) in [5, 5.41) is 0. The van der Waals surface area contributed by atoms with Gasteiger partial charge in [0.25, 0.3) is 7.82 Å². The zero-order valence-electron chi connectivity index (χ0n) is 36.8. The molecule has 0 radical (unpaired) electrons.